The number of carbonyl (C=O) groups is 1. The standard InChI is InChI=1S/C20H5Br4I3O5/c21-10-8-9(11(22)13(24)12(10)23)20(32-19(8)30)4-1-2-7(28)14(26)17(4)31-18-5(20)3-6(25)16(29)15(18)27/h1-3,28-29H. The summed E-state index contributed by atoms with van der Waals surface area (Å²) in [5, 5.41) is 21.0. The largest absolute Gasteiger partial charge is 0.507 e. The number of halogens is 7. The first kappa shape index (κ1) is 24.3. The van der Waals surface area contributed by atoms with Gasteiger partial charge in [0.2, 0.25) is 0 Å². The molecule has 0 saturated heterocycles. The Kier molecular flexibility index (Phi) is 6.35. The van der Waals surface area contributed by atoms with Crippen LogP contribution in [0.2, 0.25) is 0 Å². The molecule has 0 aliphatic carbocycles. The molecule has 2 N–H and O–H groups in total. The zero-order valence-electron chi connectivity index (χ0n) is 15.0. The zero-order valence-corrected chi connectivity index (χ0v) is 27.8. The first-order valence-corrected chi connectivity index (χ1v) is 14.9. The Morgan fingerprint density at radius 1 is 0.844 bits per heavy atom. The first-order chi connectivity index (χ1) is 15.0. The Balaban J connectivity index is 2.04. The van der Waals surface area contributed by atoms with Gasteiger partial charge in [0, 0.05) is 29.0 Å². The van der Waals surface area contributed by atoms with E-state index in [4.69, 9.17) is 9.47 Å². The van der Waals surface area contributed by atoms with Crippen molar-refractivity contribution >= 4 is 137 Å². The second kappa shape index (κ2) is 8.35. The van der Waals surface area contributed by atoms with Crippen LogP contribution in [0.3, 0.4) is 0 Å². The fraction of sp³-hybridized carbons (Fsp3) is 0.0500. The van der Waals surface area contributed by atoms with E-state index < -0.39 is 11.6 Å². The predicted octanol–water partition coefficient (Wildman–Crippen LogP) is 8.53. The number of hydrogen-bond acceptors (Lipinski definition) is 5. The molecule has 2 heterocycles. The van der Waals surface area contributed by atoms with Gasteiger partial charge in [-0.2, -0.15) is 0 Å². The normalized spacial score (nSPS) is 18.2. The molecule has 1 spiro atoms. The lowest BCUT2D eigenvalue weighted by molar-refractivity contribution is 0.0221. The van der Waals surface area contributed by atoms with Gasteiger partial charge in [-0.15, -0.1) is 0 Å². The Bertz CT molecular complexity index is 1410. The van der Waals surface area contributed by atoms with Crippen molar-refractivity contribution in [3.05, 3.63) is 69.1 Å². The highest BCUT2D eigenvalue weighted by molar-refractivity contribution is 14.1. The van der Waals surface area contributed by atoms with E-state index in [1.807, 2.05) is 67.8 Å². The van der Waals surface area contributed by atoms with Crippen molar-refractivity contribution < 1.29 is 24.5 Å². The lowest BCUT2D eigenvalue weighted by Crippen LogP contribution is -2.34. The van der Waals surface area contributed by atoms with Crippen LogP contribution in [0.25, 0.3) is 0 Å². The van der Waals surface area contributed by atoms with E-state index in [1.54, 1.807) is 18.2 Å². The number of esters is 1. The Morgan fingerprint density at radius 2 is 1.47 bits per heavy atom. The summed E-state index contributed by atoms with van der Waals surface area (Å²) in [5.74, 6) is 0.317. The highest BCUT2D eigenvalue weighted by Gasteiger charge is 2.57. The average molecular weight is 1030 g/mol. The second-order valence-corrected chi connectivity index (χ2v) is 13.3. The number of benzene rings is 3. The van der Waals surface area contributed by atoms with E-state index in [0.717, 1.165) is 0 Å². The van der Waals surface area contributed by atoms with E-state index in [2.05, 4.69) is 63.7 Å². The summed E-state index contributed by atoms with van der Waals surface area (Å²) in [7, 11) is 0. The summed E-state index contributed by atoms with van der Waals surface area (Å²) in [6.07, 6.45) is 0. The number of ether oxygens (including phenoxy) is 2. The summed E-state index contributed by atoms with van der Waals surface area (Å²) >= 11 is 20.4. The van der Waals surface area contributed by atoms with Crippen molar-refractivity contribution in [1.82, 2.24) is 0 Å². The van der Waals surface area contributed by atoms with Gasteiger partial charge in [-0.3, -0.25) is 0 Å². The van der Waals surface area contributed by atoms with Crippen LogP contribution >= 0.6 is 131 Å². The Morgan fingerprint density at radius 3 is 2.16 bits per heavy atom. The minimum absolute atomic E-state index is 0.0365. The molecule has 0 fully saturated rings. The van der Waals surface area contributed by atoms with Gasteiger partial charge in [0.1, 0.15) is 11.5 Å². The molecule has 0 radical (unpaired) electrons. The number of phenolic OH excluding ortho intramolecular Hbond substituents is 2. The molecular weight excluding hydrogens is 1020 g/mol. The van der Waals surface area contributed by atoms with E-state index in [-0.39, 0.29) is 11.5 Å². The molecule has 3 aromatic carbocycles. The molecule has 32 heavy (non-hydrogen) atoms. The van der Waals surface area contributed by atoms with Crippen molar-refractivity contribution in [3.8, 4) is 23.0 Å². The van der Waals surface area contributed by atoms with Crippen LogP contribution in [-0.2, 0) is 10.3 Å². The number of rotatable bonds is 0. The molecule has 5 rings (SSSR count). The third kappa shape index (κ3) is 3.14. The molecule has 0 bridgehead atoms. The third-order valence-corrected chi connectivity index (χ3v) is 12.9. The van der Waals surface area contributed by atoms with Crippen LogP contribution in [-0.4, -0.2) is 16.2 Å². The maximum Gasteiger partial charge on any atom is 0.341 e. The molecule has 2 aliphatic rings. The predicted molar refractivity (Wildman–Crippen MR) is 157 cm³/mol. The average Bonchev–Trinajstić information content (AvgIpc) is 3.06. The zero-order chi connectivity index (χ0) is 23.3. The highest BCUT2D eigenvalue weighted by Crippen LogP contribution is 2.63. The summed E-state index contributed by atoms with van der Waals surface area (Å²) in [4.78, 5) is 13.3. The van der Waals surface area contributed by atoms with Crippen molar-refractivity contribution in [1.29, 1.82) is 0 Å². The van der Waals surface area contributed by atoms with Gasteiger partial charge in [-0.1, -0.05) is 0 Å². The Labute approximate surface area is 255 Å². The number of aromatic hydroxyl groups is 2. The fourth-order valence-corrected chi connectivity index (χ4v) is 8.82. The number of hydrogen-bond donors (Lipinski definition) is 2. The van der Waals surface area contributed by atoms with Crippen LogP contribution in [0.4, 0.5) is 0 Å². The molecule has 164 valence electrons. The monoisotopic (exact) mass is 1020 g/mol. The summed E-state index contributed by atoms with van der Waals surface area (Å²) < 4.78 is 16.6. The molecular formula is C20H5Br4I3O5. The molecule has 5 nitrogen and oxygen atoms in total. The number of phenols is 2. The van der Waals surface area contributed by atoms with Crippen molar-refractivity contribution in [2.75, 3.05) is 0 Å². The van der Waals surface area contributed by atoms with Crippen molar-refractivity contribution in [2.24, 2.45) is 0 Å². The van der Waals surface area contributed by atoms with Gasteiger partial charge in [-0.05, 0) is 150 Å². The SMILES string of the molecule is O=C1OC2(c3ccc(O)c(I)c3Oc3c2cc(I)c(O)c3I)c2c(Br)c(Br)c(Br)c(Br)c21. The smallest absolute Gasteiger partial charge is 0.341 e. The van der Waals surface area contributed by atoms with E-state index in [0.29, 0.717) is 62.4 Å². The summed E-state index contributed by atoms with van der Waals surface area (Å²) in [6, 6.07) is 5.01. The first-order valence-electron chi connectivity index (χ1n) is 8.53. The van der Waals surface area contributed by atoms with Crippen LogP contribution in [0.5, 0.6) is 23.0 Å². The highest BCUT2D eigenvalue weighted by atomic mass is 127. The topological polar surface area (TPSA) is 76.0 Å². The van der Waals surface area contributed by atoms with Crippen LogP contribution in [0.1, 0.15) is 27.0 Å². The van der Waals surface area contributed by atoms with Gasteiger partial charge in [-0.25, -0.2) is 4.79 Å². The third-order valence-electron chi connectivity index (χ3n) is 5.26. The van der Waals surface area contributed by atoms with Gasteiger partial charge < -0.3 is 19.7 Å². The maximum absolute atomic E-state index is 13.3. The van der Waals surface area contributed by atoms with Crippen LogP contribution < -0.4 is 4.74 Å². The molecule has 0 aromatic heterocycles. The molecule has 0 amide bonds. The van der Waals surface area contributed by atoms with E-state index >= 15 is 0 Å². The lowest BCUT2D eigenvalue weighted by Gasteiger charge is -2.38. The van der Waals surface area contributed by atoms with E-state index in [9.17, 15) is 15.0 Å². The summed E-state index contributed by atoms with van der Waals surface area (Å²) in [6.45, 7) is 0. The van der Waals surface area contributed by atoms with Gasteiger partial charge >= 0.3 is 5.97 Å². The van der Waals surface area contributed by atoms with Crippen LogP contribution in [0, 0.1) is 10.7 Å². The number of fused-ring (bicyclic) bond motifs is 6. The molecule has 12 heteroatoms. The minimum atomic E-state index is -1.37. The van der Waals surface area contributed by atoms with Gasteiger partial charge in [0.05, 0.1) is 21.8 Å². The summed E-state index contributed by atoms with van der Waals surface area (Å²) in [5.41, 5.74) is 0.729. The minimum Gasteiger partial charge on any atom is -0.507 e. The van der Waals surface area contributed by atoms with E-state index in [1.165, 1.54) is 0 Å². The van der Waals surface area contributed by atoms with Crippen LogP contribution in [0.15, 0.2) is 36.1 Å². The molecule has 2 aliphatic heterocycles. The van der Waals surface area contributed by atoms with Gasteiger partial charge in [0.25, 0.3) is 0 Å². The molecule has 3 aromatic rings. The van der Waals surface area contributed by atoms with Crippen molar-refractivity contribution in [3.63, 3.8) is 0 Å². The molecule has 1 unspecified atom stereocenters. The quantitative estimate of drug-likeness (QED) is 0.102. The van der Waals surface area contributed by atoms with Gasteiger partial charge in [0.15, 0.2) is 17.1 Å². The number of carbonyl (C=O) groups excluding carboxylic acids is 1. The maximum atomic E-state index is 13.3. The second-order valence-electron chi connectivity index (χ2n) is 6.85. The molecule has 1 atom stereocenters. The molecule has 0 saturated carbocycles. The van der Waals surface area contributed by atoms with Crippen molar-refractivity contribution in [2.45, 2.75) is 5.60 Å². The lowest BCUT2D eigenvalue weighted by atomic mass is 9.77. The Hall–Kier alpha value is 0.640. The fourth-order valence-electron chi connectivity index (χ4n) is 3.90.